The molecule has 2 heterocycles. The summed E-state index contributed by atoms with van der Waals surface area (Å²) in [4.78, 5) is 26.0. The molecule has 0 aliphatic heterocycles. The van der Waals surface area contributed by atoms with Crippen LogP contribution in [0.15, 0.2) is 64.8 Å². The Bertz CT molecular complexity index is 887. The molecule has 3 aromatic rings. The van der Waals surface area contributed by atoms with Crippen molar-refractivity contribution >= 4 is 23.2 Å². The average Bonchev–Trinajstić information content (AvgIpc) is 3.41. The number of benzene rings is 1. The quantitative estimate of drug-likeness (QED) is 0.596. The number of amides is 2. The van der Waals surface area contributed by atoms with Crippen LogP contribution in [-0.2, 0) is 11.2 Å². The van der Waals surface area contributed by atoms with Gasteiger partial charge >= 0.3 is 0 Å². The minimum atomic E-state index is -0.677. The molecule has 0 unspecified atom stereocenters. The summed E-state index contributed by atoms with van der Waals surface area (Å²) in [6.45, 7) is 3.82. The molecule has 0 bridgehead atoms. The molecule has 2 amide bonds. The topological polar surface area (TPSA) is 71.3 Å². The van der Waals surface area contributed by atoms with E-state index in [2.05, 4.69) is 41.8 Å². The number of hydrogen-bond acceptors (Lipinski definition) is 4. The van der Waals surface area contributed by atoms with E-state index in [0.29, 0.717) is 5.56 Å². The van der Waals surface area contributed by atoms with Crippen LogP contribution in [0.3, 0.4) is 0 Å². The fraction of sp³-hybridized carbons (Fsp3) is 0.273. The van der Waals surface area contributed by atoms with Gasteiger partial charge < -0.3 is 15.1 Å². The maximum Gasteiger partial charge on any atom is 0.255 e. The molecule has 2 atom stereocenters. The van der Waals surface area contributed by atoms with Crippen molar-refractivity contribution in [1.82, 2.24) is 10.6 Å². The van der Waals surface area contributed by atoms with Crippen molar-refractivity contribution in [2.45, 2.75) is 38.8 Å². The smallest absolute Gasteiger partial charge is 0.255 e. The summed E-state index contributed by atoms with van der Waals surface area (Å²) in [6, 6.07) is 12.9. The molecule has 0 fully saturated rings. The lowest BCUT2D eigenvalue weighted by atomic mass is 10.0. The van der Waals surface area contributed by atoms with E-state index in [1.54, 1.807) is 24.3 Å². The van der Waals surface area contributed by atoms with Crippen LogP contribution in [-0.4, -0.2) is 17.9 Å². The second-order valence-corrected chi connectivity index (χ2v) is 7.64. The molecule has 2 aromatic heterocycles. The highest BCUT2D eigenvalue weighted by Gasteiger charge is 2.23. The summed E-state index contributed by atoms with van der Waals surface area (Å²) in [5, 5.41) is 7.76. The first-order valence-electron chi connectivity index (χ1n) is 9.34. The van der Waals surface area contributed by atoms with Crippen LogP contribution in [0.1, 0.15) is 52.7 Å². The van der Waals surface area contributed by atoms with Gasteiger partial charge in [0, 0.05) is 4.88 Å². The van der Waals surface area contributed by atoms with Crippen LogP contribution in [0.2, 0.25) is 0 Å². The van der Waals surface area contributed by atoms with Gasteiger partial charge in [-0.1, -0.05) is 43.7 Å². The van der Waals surface area contributed by atoms with Gasteiger partial charge in [0.1, 0.15) is 12.3 Å². The number of aryl methyl sites for hydroxylation is 1. The molecule has 2 N–H and O–H groups in total. The SMILES string of the molecule is CCCc1ccc([C@@H](NC(=O)[C@@H](C)NC(=O)c2ccoc2)c2cccs2)cc1. The molecule has 146 valence electrons. The third kappa shape index (κ3) is 4.89. The largest absolute Gasteiger partial charge is 0.472 e. The van der Waals surface area contributed by atoms with E-state index in [1.165, 1.54) is 18.1 Å². The summed E-state index contributed by atoms with van der Waals surface area (Å²) >= 11 is 1.59. The maximum atomic E-state index is 12.8. The number of thiophene rings is 1. The lowest BCUT2D eigenvalue weighted by molar-refractivity contribution is -0.123. The third-order valence-corrected chi connectivity index (χ3v) is 5.43. The third-order valence-electron chi connectivity index (χ3n) is 4.49. The summed E-state index contributed by atoms with van der Waals surface area (Å²) < 4.78 is 4.92. The fourth-order valence-electron chi connectivity index (χ4n) is 2.95. The van der Waals surface area contributed by atoms with Gasteiger partial charge in [0.15, 0.2) is 0 Å². The lowest BCUT2D eigenvalue weighted by Gasteiger charge is -2.21. The molecule has 6 heteroatoms. The Labute approximate surface area is 168 Å². The molecular weight excluding hydrogens is 372 g/mol. The number of nitrogens with one attached hydrogen (secondary N) is 2. The highest BCUT2D eigenvalue weighted by molar-refractivity contribution is 7.10. The monoisotopic (exact) mass is 396 g/mol. The summed E-state index contributed by atoms with van der Waals surface area (Å²) in [5.74, 6) is -0.583. The van der Waals surface area contributed by atoms with Crippen molar-refractivity contribution in [3.05, 3.63) is 81.9 Å². The molecule has 0 spiro atoms. The zero-order valence-electron chi connectivity index (χ0n) is 16.0. The van der Waals surface area contributed by atoms with Crippen molar-refractivity contribution in [2.24, 2.45) is 0 Å². The first-order chi connectivity index (χ1) is 13.6. The second kappa shape index (κ2) is 9.37. The fourth-order valence-corrected chi connectivity index (χ4v) is 3.75. The minimum Gasteiger partial charge on any atom is -0.472 e. The van der Waals surface area contributed by atoms with Crippen molar-refractivity contribution in [2.75, 3.05) is 0 Å². The van der Waals surface area contributed by atoms with Crippen molar-refractivity contribution in [1.29, 1.82) is 0 Å². The van der Waals surface area contributed by atoms with E-state index in [4.69, 9.17) is 4.42 Å². The Morgan fingerprint density at radius 1 is 1.11 bits per heavy atom. The average molecular weight is 397 g/mol. The number of carbonyl (C=O) groups excluding carboxylic acids is 2. The Morgan fingerprint density at radius 2 is 1.89 bits per heavy atom. The molecule has 0 saturated carbocycles. The van der Waals surface area contributed by atoms with Gasteiger partial charge in [-0.3, -0.25) is 9.59 Å². The van der Waals surface area contributed by atoms with Gasteiger partial charge in [-0.2, -0.15) is 0 Å². The van der Waals surface area contributed by atoms with E-state index < -0.39 is 6.04 Å². The van der Waals surface area contributed by atoms with Gasteiger partial charge in [-0.15, -0.1) is 11.3 Å². The Kier molecular flexibility index (Phi) is 6.66. The standard InChI is InChI=1S/C22H24N2O3S/c1-3-5-16-7-9-17(10-8-16)20(19-6-4-13-28-19)24-21(25)15(2)23-22(26)18-11-12-27-14-18/h4,6-15,20H,3,5H2,1-2H3,(H,23,26)(H,24,25)/t15-,20-/m1/s1. The predicted octanol–water partition coefficient (Wildman–Crippen LogP) is 4.32. The Morgan fingerprint density at radius 3 is 2.50 bits per heavy atom. The van der Waals surface area contributed by atoms with E-state index in [1.807, 2.05) is 17.5 Å². The zero-order chi connectivity index (χ0) is 19.9. The molecule has 1 aromatic carbocycles. The first-order valence-corrected chi connectivity index (χ1v) is 10.2. The number of rotatable bonds is 8. The van der Waals surface area contributed by atoms with Crippen LogP contribution in [0.25, 0.3) is 0 Å². The zero-order valence-corrected chi connectivity index (χ0v) is 16.8. The summed E-state index contributed by atoms with van der Waals surface area (Å²) in [7, 11) is 0. The molecule has 0 radical (unpaired) electrons. The highest BCUT2D eigenvalue weighted by atomic mass is 32.1. The second-order valence-electron chi connectivity index (χ2n) is 6.66. The summed E-state index contributed by atoms with van der Waals surface area (Å²) in [6.07, 6.45) is 4.91. The van der Waals surface area contributed by atoms with E-state index >= 15 is 0 Å². The minimum absolute atomic E-state index is 0.243. The van der Waals surface area contributed by atoms with Gasteiger partial charge in [0.05, 0.1) is 17.9 Å². The van der Waals surface area contributed by atoms with Crippen molar-refractivity contribution in [3.8, 4) is 0 Å². The van der Waals surface area contributed by atoms with E-state index in [-0.39, 0.29) is 17.9 Å². The molecular formula is C22H24N2O3S. The van der Waals surface area contributed by atoms with Crippen LogP contribution < -0.4 is 10.6 Å². The van der Waals surface area contributed by atoms with Crippen LogP contribution in [0, 0.1) is 0 Å². The van der Waals surface area contributed by atoms with Crippen LogP contribution in [0.5, 0.6) is 0 Å². The maximum absolute atomic E-state index is 12.8. The van der Waals surface area contributed by atoms with Gasteiger partial charge in [0.25, 0.3) is 5.91 Å². The first kappa shape index (κ1) is 19.9. The molecule has 28 heavy (non-hydrogen) atoms. The molecule has 0 aliphatic rings. The molecule has 0 saturated heterocycles. The predicted molar refractivity (Wildman–Crippen MR) is 110 cm³/mol. The number of furan rings is 1. The van der Waals surface area contributed by atoms with Crippen molar-refractivity contribution < 1.29 is 14.0 Å². The van der Waals surface area contributed by atoms with Crippen molar-refractivity contribution in [3.63, 3.8) is 0 Å². The van der Waals surface area contributed by atoms with E-state index in [9.17, 15) is 9.59 Å². The highest BCUT2D eigenvalue weighted by Crippen LogP contribution is 2.26. The molecule has 5 nitrogen and oxygen atoms in total. The van der Waals surface area contributed by atoms with Crippen LogP contribution >= 0.6 is 11.3 Å². The van der Waals surface area contributed by atoms with E-state index in [0.717, 1.165) is 23.3 Å². The van der Waals surface area contributed by atoms with Gasteiger partial charge in [0.2, 0.25) is 5.91 Å². The molecule has 3 rings (SSSR count). The summed E-state index contributed by atoms with van der Waals surface area (Å²) in [5.41, 5.74) is 2.69. The number of carbonyl (C=O) groups is 2. The van der Waals surface area contributed by atoms with Crippen LogP contribution in [0.4, 0.5) is 0 Å². The Hall–Kier alpha value is -2.86. The van der Waals surface area contributed by atoms with Gasteiger partial charge in [-0.25, -0.2) is 0 Å². The normalized spacial score (nSPS) is 12.9. The Balaban J connectivity index is 1.72. The number of hydrogen-bond donors (Lipinski definition) is 2. The van der Waals surface area contributed by atoms with Gasteiger partial charge in [-0.05, 0) is 42.0 Å². The molecule has 0 aliphatic carbocycles. The lowest BCUT2D eigenvalue weighted by Crippen LogP contribution is -2.45.